The zero-order chi connectivity index (χ0) is 14.0. The van der Waals surface area contributed by atoms with Crippen molar-refractivity contribution in [2.24, 2.45) is 0 Å². The van der Waals surface area contributed by atoms with Gasteiger partial charge in [0.15, 0.2) is 5.34 Å². The summed E-state index contributed by atoms with van der Waals surface area (Å²) in [6, 6.07) is -0.728. The van der Waals surface area contributed by atoms with Crippen LogP contribution >= 0.6 is 7.60 Å². The molecule has 104 valence electrons. The van der Waals surface area contributed by atoms with Crippen LogP contribution in [-0.2, 0) is 18.4 Å². The van der Waals surface area contributed by atoms with Gasteiger partial charge in [-0.15, -0.1) is 0 Å². The number of aliphatic hydroxyl groups is 1. The van der Waals surface area contributed by atoms with E-state index < -0.39 is 19.0 Å². The molecule has 0 aromatic heterocycles. The Morgan fingerprint density at radius 1 is 1.44 bits per heavy atom. The minimum atomic E-state index is -3.72. The molecule has 0 saturated heterocycles. The lowest BCUT2D eigenvalue weighted by atomic mass is 10.2. The van der Waals surface area contributed by atoms with Gasteiger partial charge in [-0.25, -0.2) is 0 Å². The maximum atomic E-state index is 12.6. The van der Waals surface area contributed by atoms with Crippen LogP contribution in [0.2, 0.25) is 0 Å². The normalized spacial score (nSPS) is 23.5. The third-order valence-corrected chi connectivity index (χ3v) is 5.47. The number of carbonyl (C=O) groups is 1. The zero-order valence-electron chi connectivity index (χ0n) is 11.1. The van der Waals surface area contributed by atoms with E-state index in [1.54, 1.807) is 13.8 Å². The lowest BCUT2D eigenvalue weighted by Crippen LogP contribution is -2.48. The van der Waals surface area contributed by atoms with Crippen molar-refractivity contribution in [3.8, 4) is 0 Å². The van der Waals surface area contributed by atoms with Crippen molar-refractivity contribution in [1.82, 2.24) is 4.90 Å². The first-order valence-corrected chi connectivity index (χ1v) is 7.41. The molecule has 0 fully saturated rings. The zero-order valence-corrected chi connectivity index (χ0v) is 12.0. The second-order valence-corrected chi connectivity index (χ2v) is 6.60. The summed E-state index contributed by atoms with van der Waals surface area (Å²) >= 11 is 0. The van der Waals surface area contributed by atoms with Gasteiger partial charge in [0.05, 0.1) is 19.3 Å². The number of hydrogen-bond acceptors (Lipinski definition) is 5. The van der Waals surface area contributed by atoms with E-state index in [1.165, 1.54) is 31.0 Å². The fourth-order valence-corrected chi connectivity index (χ4v) is 3.77. The van der Waals surface area contributed by atoms with E-state index in [2.05, 4.69) is 0 Å². The third kappa shape index (κ3) is 2.52. The summed E-state index contributed by atoms with van der Waals surface area (Å²) < 4.78 is 22.9. The van der Waals surface area contributed by atoms with Crippen molar-refractivity contribution in [3.63, 3.8) is 0 Å². The lowest BCUT2D eigenvalue weighted by molar-refractivity contribution is -0.127. The highest BCUT2D eigenvalue weighted by atomic mass is 31.2. The number of carbonyl (C=O) groups excluding carboxylic acids is 1. The van der Waals surface area contributed by atoms with E-state index in [1.807, 2.05) is 0 Å². The summed E-state index contributed by atoms with van der Waals surface area (Å²) in [7, 11) is -2.19. The van der Waals surface area contributed by atoms with E-state index in [9.17, 15) is 14.5 Å². The molecule has 0 aromatic rings. The van der Waals surface area contributed by atoms with Crippen LogP contribution in [0.25, 0.3) is 0 Å². The van der Waals surface area contributed by atoms with Crippen LogP contribution in [0.1, 0.15) is 20.8 Å². The molecule has 1 heterocycles. The molecule has 1 N–H and O–H groups in total. The molecular weight excluding hydrogens is 257 g/mol. The summed E-state index contributed by atoms with van der Waals surface area (Å²) in [5, 5.41) is 8.74. The molecule has 6 nitrogen and oxygen atoms in total. The third-order valence-electron chi connectivity index (χ3n) is 2.90. The molecular formula is C11H20NO5P. The summed E-state index contributed by atoms with van der Waals surface area (Å²) in [5.41, 5.74) is 0. The first kappa shape index (κ1) is 15.4. The van der Waals surface area contributed by atoms with Crippen molar-refractivity contribution in [2.75, 3.05) is 20.3 Å². The minimum absolute atomic E-state index is 0.154. The van der Waals surface area contributed by atoms with Gasteiger partial charge in [0.1, 0.15) is 0 Å². The van der Waals surface area contributed by atoms with Crippen LogP contribution in [0, 0.1) is 0 Å². The number of likely N-dealkylation sites (N-methyl/N-ethyl adjacent to an activating group) is 1. The fourth-order valence-electron chi connectivity index (χ4n) is 1.91. The van der Waals surface area contributed by atoms with Gasteiger partial charge >= 0.3 is 7.60 Å². The van der Waals surface area contributed by atoms with Gasteiger partial charge in [-0.2, -0.15) is 0 Å². The smallest absolute Gasteiger partial charge is 0.364 e. The Morgan fingerprint density at radius 2 is 1.94 bits per heavy atom. The summed E-state index contributed by atoms with van der Waals surface area (Å²) in [6.45, 7) is 5.01. The molecule has 1 amide bonds. The first-order chi connectivity index (χ1) is 8.30. The maximum Gasteiger partial charge on any atom is 0.364 e. The largest absolute Gasteiger partial charge is 0.376 e. The predicted molar refractivity (Wildman–Crippen MR) is 67.2 cm³/mol. The van der Waals surface area contributed by atoms with Gasteiger partial charge in [-0.05, 0) is 20.8 Å². The molecule has 1 rings (SSSR count). The van der Waals surface area contributed by atoms with E-state index in [-0.39, 0.29) is 19.1 Å². The SMILES string of the molecule is CCOP(=O)(OCC)[C@](C)(O)[C@H]1C=CC(=O)N1C. The summed E-state index contributed by atoms with van der Waals surface area (Å²) in [5.74, 6) is -0.250. The molecule has 0 saturated carbocycles. The molecule has 0 aliphatic carbocycles. The average Bonchev–Trinajstić information content (AvgIpc) is 2.60. The van der Waals surface area contributed by atoms with E-state index in [4.69, 9.17) is 9.05 Å². The van der Waals surface area contributed by atoms with Crippen LogP contribution in [0.3, 0.4) is 0 Å². The van der Waals surface area contributed by atoms with Crippen LogP contribution in [-0.4, -0.2) is 47.6 Å². The minimum Gasteiger partial charge on any atom is -0.376 e. The highest BCUT2D eigenvalue weighted by molar-refractivity contribution is 7.55. The Balaban J connectivity index is 3.06. The monoisotopic (exact) mass is 277 g/mol. The van der Waals surface area contributed by atoms with Gasteiger partial charge < -0.3 is 19.1 Å². The molecule has 0 bridgehead atoms. The number of hydrogen-bond donors (Lipinski definition) is 1. The maximum absolute atomic E-state index is 12.6. The van der Waals surface area contributed by atoms with E-state index in [0.717, 1.165) is 0 Å². The highest BCUT2D eigenvalue weighted by Gasteiger charge is 2.53. The Kier molecular flexibility index (Phi) is 4.72. The van der Waals surface area contributed by atoms with Gasteiger partial charge in [0.2, 0.25) is 5.91 Å². The molecule has 1 aliphatic rings. The fraction of sp³-hybridized carbons (Fsp3) is 0.727. The molecule has 1 aliphatic heterocycles. The van der Waals surface area contributed by atoms with Gasteiger partial charge in [-0.3, -0.25) is 9.36 Å². The van der Waals surface area contributed by atoms with Crippen LogP contribution < -0.4 is 0 Å². The molecule has 2 atom stereocenters. The number of amides is 1. The molecule has 0 aromatic carbocycles. The molecule has 18 heavy (non-hydrogen) atoms. The highest BCUT2D eigenvalue weighted by Crippen LogP contribution is 2.61. The van der Waals surface area contributed by atoms with Crippen molar-refractivity contribution < 1.29 is 23.5 Å². The second kappa shape index (κ2) is 5.53. The number of rotatable bonds is 6. The van der Waals surface area contributed by atoms with Gasteiger partial charge in [0, 0.05) is 13.1 Å². The number of nitrogens with zero attached hydrogens (tertiary/aromatic N) is 1. The Hall–Kier alpha value is -0.680. The van der Waals surface area contributed by atoms with Crippen LogP contribution in [0.4, 0.5) is 0 Å². The topological polar surface area (TPSA) is 76.1 Å². The van der Waals surface area contributed by atoms with Crippen LogP contribution in [0.5, 0.6) is 0 Å². The predicted octanol–water partition coefficient (Wildman–Crippen LogP) is 1.36. The standard InChI is InChI=1S/C11H20NO5P/c1-5-16-18(15,17-6-2)11(3,14)9-7-8-10(13)12(9)4/h7-9,14H,5-6H2,1-4H3/t9-,11+/m1/s1. The molecule has 0 spiro atoms. The van der Waals surface area contributed by atoms with Gasteiger partial charge in [-0.1, -0.05) is 6.08 Å². The van der Waals surface area contributed by atoms with Crippen molar-refractivity contribution in [1.29, 1.82) is 0 Å². The average molecular weight is 277 g/mol. The molecule has 0 unspecified atom stereocenters. The van der Waals surface area contributed by atoms with Crippen molar-refractivity contribution >= 4 is 13.5 Å². The first-order valence-electron chi connectivity index (χ1n) is 5.86. The van der Waals surface area contributed by atoms with Gasteiger partial charge in [0.25, 0.3) is 0 Å². The Bertz CT molecular complexity index is 383. The van der Waals surface area contributed by atoms with Crippen LogP contribution in [0.15, 0.2) is 12.2 Å². The van der Waals surface area contributed by atoms with Crippen molar-refractivity contribution in [3.05, 3.63) is 12.2 Å². The quantitative estimate of drug-likeness (QED) is 0.742. The summed E-state index contributed by atoms with van der Waals surface area (Å²) in [6.07, 6.45) is 2.84. The molecule has 7 heteroatoms. The van der Waals surface area contributed by atoms with E-state index >= 15 is 0 Å². The van der Waals surface area contributed by atoms with Crippen molar-refractivity contribution in [2.45, 2.75) is 32.2 Å². The molecule has 0 radical (unpaired) electrons. The Morgan fingerprint density at radius 3 is 2.28 bits per heavy atom. The van der Waals surface area contributed by atoms with E-state index in [0.29, 0.717) is 0 Å². The second-order valence-electron chi connectivity index (χ2n) is 4.18. The Labute approximate surface area is 107 Å². The summed E-state index contributed by atoms with van der Waals surface area (Å²) in [4.78, 5) is 12.7. The lowest BCUT2D eigenvalue weighted by Gasteiger charge is -2.38.